The Morgan fingerprint density at radius 2 is 2.27 bits per heavy atom. The molecule has 90 valence electrons. The van der Waals surface area contributed by atoms with E-state index in [2.05, 4.69) is 0 Å². The zero-order chi connectivity index (χ0) is 11.3. The van der Waals surface area contributed by atoms with Crippen LogP contribution in [0.1, 0.15) is 19.8 Å². The third kappa shape index (κ3) is 3.90. The third-order valence-corrected chi connectivity index (χ3v) is 4.84. The number of nitrogens with zero attached hydrogens (tertiary/aromatic N) is 1. The molecule has 0 spiro atoms. The maximum absolute atomic E-state index is 11.7. The topological polar surface area (TPSA) is 46.6 Å². The summed E-state index contributed by atoms with van der Waals surface area (Å²) in [5.41, 5.74) is 0. The normalized spacial score (nSPS) is 22.5. The fourth-order valence-corrected chi connectivity index (χ4v) is 3.51. The summed E-state index contributed by atoms with van der Waals surface area (Å²) in [5, 5.41) is 0. The van der Waals surface area contributed by atoms with Gasteiger partial charge in [0.15, 0.2) is 0 Å². The van der Waals surface area contributed by atoms with Gasteiger partial charge in [-0.1, -0.05) is 6.92 Å². The van der Waals surface area contributed by atoms with Gasteiger partial charge in [0.05, 0.1) is 11.9 Å². The van der Waals surface area contributed by atoms with Gasteiger partial charge in [-0.15, -0.1) is 11.6 Å². The molecule has 15 heavy (non-hydrogen) atoms. The molecule has 0 aromatic rings. The first kappa shape index (κ1) is 13.2. The maximum atomic E-state index is 11.7. The van der Waals surface area contributed by atoms with Crippen molar-refractivity contribution in [3.63, 3.8) is 0 Å². The molecule has 0 aliphatic carbocycles. The van der Waals surface area contributed by atoms with Gasteiger partial charge in [-0.2, -0.15) is 4.31 Å². The smallest absolute Gasteiger partial charge is 0.215 e. The van der Waals surface area contributed by atoms with Crippen LogP contribution in [-0.2, 0) is 14.8 Å². The van der Waals surface area contributed by atoms with Crippen LogP contribution in [0.3, 0.4) is 0 Å². The molecule has 1 atom stereocenters. The number of alkyl halides is 1. The van der Waals surface area contributed by atoms with E-state index < -0.39 is 10.0 Å². The van der Waals surface area contributed by atoms with Crippen molar-refractivity contribution in [2.45, 2.75) is 25.9 Å². The number of hydrogen-bond acceptors (Lipinski definition) is 3. The predicted molar refractivity (Wildman–Crippen MR) is 60.7 cm³/mol. The van der Waals surface area contributed by atoms with Crippen molar-refractivity contribution in [2.24, 2.45) is 0 Å². The minimum atomic E-state index is -3.19. The van der Waals surface area contributed by atoms with Crippen LogP contribution in [0.25, 0.3) is 0 Å². The molecule has 0 saturated carbocycles. The van der Waals surface area contributed by atoms with Crippen LogP contribution in [0.15, 0.2) is 0 Å². The van der Waals surface area contributed by atoms with Crippen molar-refractivity contribution in [2.75, 3.05) is 31.3 Å². The average molecular weight is 256 g/mol. The van der Waals surface area contributed by atoms with Crippen molar-refractivity contribution in [3.05, 3.63) is 0 Å². The first-order valence-corrected chi connectivity index (χ1v) is 7.40. The number of sulfonamides is 1. The Morgan fingerprint density at radius 1 is 1.53 bits per heavy atom. The minimum absolute atomic E-state index is 0.00904. The summed E-state index contributed by atoms with van der Waals surface area (Å²) in [5.74, 6) is 0.152. The Balaban J connectivity index is 2.54. The lowest BCUT2D eigenvalue weighted by atomic mass is 10.2. The zero-order valence-corrected chi connectivity index (χ0v) is 10.6. The summed E-state index contributed by atoms with van der Waals surface area (Å²) in [6, 6.07) is 0. The van der Waals surface area contributed by atoms with Gasteiger partial charge in [-0.25, -0.2) is 8.42 Å². The number of halogens is 1. The van der Waals surface area contributed by atoms with Crippen LogP contribution in [-0.4, -0.2) is 50.2 Å². The highest BCUT2D eigenvalue weighted by Gasteiger charge is 2.25. The fourth-order valence-electron chi connectivity index (χ4n) is 1.68. The van der Waals surface area contributed by atoms with E-state index >= 15 is 0 Å². The molecule has 1 heterocycles. The lowest BCUT2D eigenvalue weighted by Crippen LogP contribution is -2.38. The van der Waals surface area contributed by atoms with E-state index in [1.165, 1.54) is 4.31 Å². The van der Waals surface area contributed by atoms with Crippen LogP contribution in [0.4, 0.5) is 0 Å². The van der Waals surface area contributed by atoms with Crippen LogP contribution >= 0.6 is 11.6 Å². The summed E-state index contributed by atoms with van der Waals surface area (Å²) in [6.45, 7) is 3.54. The Kier molecular flexibility index (Phi) is 5.32. The number of rotatable bonds is 6. The lowest BCUT2D eigenvalue weighted by Gasteiger charge is -2.22. The molecule has 1 rings (SSSR count). The second-order valence-corrected chi connectivity index (χ2v) is 6.06. The van der Waals surface area contributed by atoms with Gasteiger partial charge in [0.2, 0.25) is 10.0 Å². The Labute approximate surface area is 96.6 Å². The van der Waals surface area contributed by atoms with Gasteiger partial charge < -0.3 is 4.74 Å². The zero-order valence-electron chi connectivity index (χ0n) is 8.99. The van der Waals surface area contributed by atoms with E-state index in [1.54, 1.807) is 0 Å². The molecule has 1 unspecified atom stereocenters. The van der Waals surface area contributed by atoms with Gasteiger partial charge >= 0.3 is 0 Å². The molecule has 0 aromatic heterocycles. The second-order valence-electron chi connectivity index (χ2n) is 3.59. The molecule has 4 nitrogen and oxygen atoms in total. The van der Waals surface area contributed by atoms with E-state index in [0.717, 1.165) is 19.4 Å². The molecule has 0 radical (unpaired) electrons. The summed E-state index contributed by atoms with van der Waals surface area (Å²) >= 11 is 5.47. The summed E-state index contributed by atoms with van der Waals surface area (Å²) in [7, 11) is -3.19. The molecule has 1 aliphatic rings. The molecule has 6 heteroatoms. The van der Waals surface area contributed by atoms with Gasteiger partial charge in [0.1, 0.15) is 0 Å². The highest BCUT2D eigenvalue weighted by molar-refractivity contribution is 7.89. The highest BCUT2D eigenvalue weighted by Crippen LogP contribution is 2.15. The number of likely N-dealkylation sites (N-methyl/N-ethyl adjacent to an activating group) is 1. The van der Waals surface area contributed by atoms with Gasteiger partial charge in [-0.3, -0.25) is 0 Å². The van der Waals surface area contributed by atoms with Crippen molar-refractivity contribution >= 4 is 21.6 Å². The highest BCUT2D eigenvalue weighted by atomic mass is 35.5. The molecule has 1 saturated heterocycles. The van der Waals surface area contributed by atoms with E-state index in [0.29, 0.717) is 13.1 Å². The van der Waals surface area contributed by atoms with Gasteiger partial charge in [0.25, 0.3) is 0 Å². The second kappa shape index (κ2) is 6.03. The van der Waals surface area contributed by atoms with E-state index in [-0.39, 0.29) is 17.7 Å². The fraction of sp³-hybridized carbons (Fsp3) is 1.00. The lowest BCUT2D eigenvalue weighted by molar-refractivity contribution is 0.0947. The van der Waals surface area contributed by atoms with Crippen LogP contribution < -0.4 is 0 Å². The summed E-state index contributed by atoms with van der Waals surface area (Å²) in [4.78, 5) is 0. The predicted octanol–water partition coefficient (Wildman–Crippen LogP) is 1.06. The van der Waals surface area contributed by atoms with Gasteiger partial charge in [-0.05, 0) is 12.8 Å². The quantitative estimate of drug-likeness (QED) is 0.667. The molecule has 0 amide bonds. The van der Waals surface area contributed by atoms with E-state index in [4.69, 9.17) is 16.3 Å². The molecule has 1 aliphatic heterocycles. The summed E-state index contributed by atoms with van der Waals surface area (Å²) in [6.07, 6.45) is 2.04. The van der Waals surface area contributed by atoms with Crippen molar-refractivity contribution < 1.29 is 13.2 Å². The molecule has 0 aromatic carbocycles. The molecule has 0 N–H and O–H groups in total. The van der Waals surface area contributed by atoms with E-state index in [9.17, 15) is 8.42 Å². The SMILES string of the molecule is CCN(CC1CCCO1)S(=O)(=O)CCCl. The summed E-state index contributed by atoms with van der Waals surface area (Å²) < 4.78 is 30.4. The number of hydrogen-bond donors (Lipinski definition) is 0. The largest absolute Gasteiger partial charge is 0.377 e. The van der Waals surface area contributed by atoms with Gasteiger partial charge in [0, 0.05) is 25.6 Å². The van der Waals surface area contributed by atoms with Crippen molar-refractivity contribution in [3.8, 4) is 0 Å². The van der Waals surface area contributed by atoms with Crippen LogP contribution in [0.2, 0.25) is 0 Å². The number of ether oxygens (including phenoxy) is 1. The first-order valence-electron chi connectivity index (χ1n) is 5.25. The van der Waals surface area contributed by atoms with Crippen molar-refractivity contribution in [1.29, 1.82) is 0 Å². The molecule has 1 fully saturated rings. The first-order chi connectivity index (χ1) is 7.10. The molecular formula is C9H18ClNO3S. The van der Waals surface area contributed by atoms with Crippen LogP contribution in [0, 0.1) is 0 Å². The third-order valence-electron chi connectivity index (χ3n) is 2.51. The Bertz CT molecular complexity index is 275. The standard InChI is InChI=1S/C9H18ClNO3S/c1-2-11(15(12,13)7-5-10)8-9-4-3-6-14-9/h9H,2-8H2,1H3. The minimum Gasteiger partial charge on any atom is -0.377 e. The maximum Gasteiger partial charge on any atom is 0.215 e. The molecule has 0 bridgehead atoms. The molecular weight excluding hydrogens is 238 g/mol. The van der Waals surface area contributed by atoms with E-state index in [1.807, 2.05) is 6.92 Å². The average Bonchev–Trinajstić information content (AvgIpc) is 2.66. The van der Waals surface area contributed by atoms with Crippen molar-refractivity contribution in [1.82, 2.24) is 4.31 Å². The van der Waals surface area contributed by atoms with Crippen LogP contribution in [0.5, 0.6) is 0 Å². The monoisotopic (exact) mass is 255 g/mol. The Morgan fingerprint density at radius 3 is 2.73 bits per heavy atom. The Hall–Kier alpha value is 0.160.